The van der Waals surface area contributed by atoms with Gasteiger partial charge in [0.2, 0.25) is 11.8 Å². The SMILES string of the molecule is CC[C@H](C(=O)NCC(C)C)N(Cc1ccc(Cl)cc1Cl)C(=O)CN(c1ccccc1OC)S(=O)(=O)c1ccc(OC)cc1. The summed E-state index contributed by atoms with van der Waals surface area (Å²) in [4.78, 5) is 28.9. The van der Waals surface area contributed by atoms with E-state index in [0.717, 1.165) is 4.31 Å². The van der Waals surface area contributed by atoms with Gasteiger partial charge in [0.05, 0.1) is 24.8 Å². The fraction of sp³-hybridized carbons (Fsp3) is 0.355. The lowest BCUT2D eigenvalue weighted by atomic mass is 10.1. The number of sulfonamides is 1. The average molecular weight is 651 g/mol. The molecule has 0 aliphatic heterocycles. The van der Waals surface area contributed by atoms with Crippen molar-refractivity contribution in [3.63, 3.8) is 0 Å². The van der Waals surface area contributed by atoms with E-state index >= 15 is 0 Å². The summed E-state index contributed by atoms with van der Waals surface area (Å²) in [5.74, 6) is -0.0477. The van der Waals surface area contributed by atoms with Gasteiger partial charge in [-0.15, -0.1) is 0 Å². The highest BCUT2D eigenvalue weighted by atomic mass is 35.5. The first-order chi connectivity index (χ1) is 20.4. The number of hydrogen-bond acceptors (Lipinski definition) is 6. The summed E-state index contributed by atoms with van der Waals surface area (Å²) >= 11 is 12.6. The Morgan fingerprint density at radius 3 is 2.21 bits per heavy atom. The highest BCUT2D eigenvalue weighted by molar-refractivity contribution is 7.92. The molecule has 0 bridgehead atoms. The van der Waals surface area contributed by atoms with E-state index in [-0.39, 0.29) is 41.1 Å². The van der Waals surface area contributed by atoms with Crippen molar-refractivity contribution < 1.29 is 27.5 Å². The Hall–Kier alpha value is -3.47. The molecule has 0 saturated heterocycles. The number of anilines is 1. The molecule has 0 aromatic heterocycles. The molecule has 2 amide bonds. The van der Waals surface area contributed by atoms with Gasteiger partial charge in [-0.3, -0.25) is 13.9 Å². The van der Waals surface area contributed by atoms with Gasteiger partial charge in [0.1, 0.15) is 24.1 Å². The molecule has 0 aliphatic rings. The summed E-state index contributed by atoms with van der Waals surface area (Å²) in [5, 5.41) is 3.63. The molecule has 0 aliphatic carbocycles. The van der Waals surface area contributed by atoms with Crippen LogP contribution >= 0.6 is 23.2 Å². The van der Waals surface area contributed by atoms with Crippen LogP contribution in [0.2, 0.25) is 10.0 Å². The molecule has 0 unspecified atom stereocenters. The first-order valence-electron chi connectivity index (χ1n) is 13.7. The Kier molecular flexibility index (Phi) is 12.1. The van der Waals surface area contributed by atoms with Crippen LogP contribution in [0.4, 0.5) is 5.69 Å². The zero-order chi connectivity index (χ0) is 31.7. The molecule has 0 heterocycles. The van der Waals surface area contributed by atoms with E-state index < -0.39 is 28.5 Å². The molecular weight excluding hydrogens is 613 g/mol. The lowest BCUT2D eigenvalue weighted by molar-refractivity contribution is -0.140. The molecule has 43 heavy (non-hydrogen) atoms. The Morgan fingerprint density at radius 2 is 1.63 bits per heavy atom. The fourth-order valence-corrected chi connectivity index (χ4v) is 6.29. The molecule has 1 atom stereocenters. The van der Waals surface area contributed by atoms with Crippen molar-refractivity contribution in [2.24, 2.45) is 5.92 Å². The van der Waals surface area contributed by atoms with Crippen molar-refractivity contribution in [3.05, 3.63) is 82.3 Å². The Labute approximate surface area is 263 Å². The van der Waals surface area contributed by atoms with Crippen LogP contribution in [0, 0.1) is 5.92 Å². The normalized spacial score (nSPS) is 12.0. The van der Waals surface area contributed by atoms with E-state index in [1.807, 2.05) is 13.8 Å². The van der Waals surface area contributed by atoms with Crippen LogP contribution < -0.4 is 19.1 Å². The van der Waals surface area contributed by atoms with E-state index in [9.17, 15) is 18.0 Å². The summed E-state index contributed by atoms with van der Waals surface area (Å²) in [6.45, 7) is 5.46. The van der Waals surface area contributed by atoms with Crippen molar-refractivity contribution in [1.82, 2.24) is 10.2 Å². The summed E-state index contributed by atoms with van der Waals surface area (Å²) in [6.07, 6.45) is 0.279. The van der Waals surface area contributed by atoms with E-state index in [2.05, 4.69) is 5.32 Å². The topological polar surface area (TPSA) is 105 Å². The third-order valence-electron chi connectivity index (χ3n) is 6.71. The number of methoxy groups -OCH3 is 2. The van der Waals surface area contributed by atoms with Crippen LogP contribution in [0.15, 0.2) is 71.6 Å². The van der Waals surface area contributed by atoms with Gasteiger partial charge in [0.15, 0.2) is 0 Å². The number of carbonyl (C=O) groups is 2. The van der Waals surface area contributed by atoms with E-state index in [4.69, 9.17) is 32.7 Å². The minimum absolute atomic E-state index is 0.0508. The first-order valence-corrected chi connectivity index (χ1v) is 15.9. The molecule has 0 spiro atoms. The Bertz CT molecular complexity index is 1520. The second kappa shape index (κ2) is 15.3. The molecule has 12 heteroatoms. The second-order valence-electron chi connectivity index (χ2n) is 10.2. The van der Waals surface area contributed by atoms with Gasteiger partial charge in [-0.2, -0.15) is 0 Å². The molecule has 0 fully saturated rings. The van der Waals surface area contributed by atoms with Gasteiger partial charge in [-0.05, 0) is 66.4 Å². The minimum atomic E-state index is -4.29. The zero-order valence-corrected chi connectivity index (χ0v) is 27.2. The smallest absolute Gasteiger partial charge is 0.264 e. The highest BCUT2D eigenvalue weighted by Crippen LogP contribution is 2.33. The number of rotatable bonds is 14. The summed E-state index contributed by atoms with van der Waals surface area (Å²) < 4.78 is 39.9. The standard InChI is InChI=1S/C31H37Cl2N3O6S/c1-6-27(31(38)34-18-21(2)3)35(19-22-11-12-23(32)17-26(22)33)30(37)20-36(28-9-7-8-10-29(28)42-5)43(39,40)25-15-13-24(41-4)14-16-25/h7-17,21,27H,6,18-20H2,1-5H3,(H,34,38)/t27-/m1/s1. The van der Waals surface area contributed by atoms with Crippen molar-refractivity contribution in [2.45, 2.75) is 44.7 Å². The number of benzene rings is 3. The first kappa shape index (κ1) is 34.0. The molecule has 1 N–H and O–H groups in total. The van der Waals surface area contributed by atoms with Crippen LogP contribution in [0.1, 0.15) is 32.8 Å². The number of carbonyl (C=O) groups excluding carboxylic acids is 2. The van der Waals surface area contributed by atoms with Crippen LogP contribution in [-0.2, 0) is 26.2 Å². The molecule has 0 radical (unpaired) electrons. The number of hydrogen-bond donors (Lipinski definition) is 1. The minimum Gasteiger partial charge on any atom is -0.497 e. The van der Waals surface area contributed by atoms with Gasteiger partial charge < -0.3 is 19.7 Å². The third kappa shape index (κ3) is 8.55. The molecule has 3 aromatic carbocycles. The van der Waals surface area contributed by atoms with Crippen molar-refractivity contribution in [3.8, 4) is 11.5 Å². The quantitative estimate of drug-likeness (QED) is 0.237. The summed E-state index contributed by atoms with van der Waals surface area (Å²) in [6, 6.07) is 16.3. The number of nitrogens with zero attached hydrogens (tertiary/aromatic N) is 2. The second-order valence-corrected chi connectivity index (χ2v) is 12.9. The molecular formula is C31H37Cl2N3O6S. The highest BCUT2D eigenvalue weighted by Gasteiger charge is 2.35. The maximum absolute atomic E-state index is 14.2. The third-order valence-corrected chi connectivity index (χ3v) is 9.07. The summed E-state index contributed by atoms with van der Waals surface area (Å²) in [7, 11) is -1.40. The predicted molar refractivity (Wildman–Crippen MR) is 169 cm³/mol. The average Bonchev–Trinajstić information content (AvgIpc) is 2.99. The molecule has 3 aromatic rings. The molecule has 9 nitrogen and oxygen atoms in total. The number of ether oxygens (including phenoxy) is 2. The monoisotopic (exact) mass is 649 g/mol. The maximum atomic E-state index is 14.2. The van der Waals surface area contributed by atoms with Gasteiger partial charge in [-0.25, -0.2) is 8.42 Å². The van der Waals surface area contributed by atoms with Crippen molar-refractivity contribution in [2.75, 3.05) is 31.6 Å². The van der Waals surface area contributed by atoms with Gasteiger partial charge >= 0.3 is 0 Å². The van der Waals surface area contributed by atoms with Gasteiger partial charge in [0.25, 0.3) is 10.0 Å². The van der Waals surface area contributed by atoms with Crippen LogP contribution in [0.3, 0.4) is 0 Å². The van der Waals surface area contributed by atoms with Crippen molar-refractivity contribution >= 4 is 50.7 Å². The Balaban J connectivity index is 2.11. The van der Waals surface area contributed by atoms with Crippen molar-refractivity contribution in [1.29, 1.82) is 0 Å². The molecule has 3 rings (SSSR count). The van der Waals surface area contributed by atoms with Gasteiger partial charge in [0, 0.05) is 23.1 Å². The zero-order valence-electron chi connectivity index (χ0n) is 24.8. The van der Waals surface area contributed by atoms with Gasteiger partial charge in [-0.1, -0.05) is 62.2 Å². The summed E-state index contributed by atoms with van der Waals surface area (Å²) in [5.41, 5.74) is 0.715. The number of halogens is 2. The molecule has 232 valence electrons. The van der Waals surface area contributed by atoms with E-state index in [0.29, 0.717) is 27.9 Å². The van der Waals surface area contributed by atoms with Crippen LogP contribution in [0.5, 0.6) is 11.5 Å². The lowest BCUT2D eigenvalue weighted by Gasteiger charge is -2.33. The number of para-hydroxylation sites is 2. The lowest BCUT2D eigenvalue weighted by Crippen LogP contribution is -2.52. The van der Waals surface area contributed by atoms with Crippen LogP contribution in [-0.4, -0.2) is 58.5 Å². The van der Waals surface area contributed by atoms with Crippen LogP contribution in [0.25, 0.3) is 0 Å². The fourth-order valence-electron chi connectivity index (χ4n) is 4.40. The van der Waals surface area contributed by atoms with E-state index in [1.54, 1.807) is 49.4 Å². The Morgan fingerprint density at radius 1 is 0.953 bits per heavy atom. The maximum Gasteiger partial charge on any atom is 0.264 e. The largest absolute Gasteiger partial charge is 0.497 e. The predicted octanol–water partition coefficient (Wildman–Crippen LogP) is 5.79. The number of nitrogens with one attached hydrogen (secondary N) is 1. The van der Waals surface area contributed by atoms with E-state index in [1.165, 1.54) is 43.4 Å². The molecule has 0 saturated carbocycles. The number of amides is 2.